The van der Waals surface area contributed by atoms with Gasteiger partial charge in [-0.2, -0.15) is 0 Å². The Balaban J connectivity index is 1.45. The molecule has 0 amide bonds. The smallest absolute Gasteiger partial charge is 0.243 e. The molecule has 0 spiro atoms. The van der Waals surface area contributed by atoms with Crippen LogP contribution >= 0.6 is 0 Å². The third-order valence-corrected chi connectivity index (χ3v) is 4.29. The molecule has 0 saturated heterocycles. The van der Waals surface area contributed by atoms with Crippen LogP contribution in [0.25, 0.3) is 11.4 Å². The Labute approximate surface area is 152 Å². The summed E-state index contributed by atoms with van der Waals surface area (Å²) in [6, 6.07) is 8.29. The first-order chi connectivity index (χ1) is 12.7. The van der Waals surface area contributed by atoms with E-state index in [0.717, 1.165) is 24.5 Å². The minimum absolute atomic E-state index is 0.814. The lowest BCUT2D eigenvalue weighted by Crippen LogP contribution is -2.23. The molecule has 0 unspecified atom stereocenters. The van der Waals surface area contributed by atoms with Crippen molar-refractivity contribution in [1.29, 1.82) is 0 Å². The molecule has 4 aromatic rings. The van der Waals surface area contributed by atoms with Gasteiger partial charge in [-0.25, -0.2) is 18.3 Å². The van der Waals surface area contributed by atoms with Crippen molar-refractivity contribution >= 4 is 0 Å². The van der Waals surface area contributed by atoms with Gasteiger partial charge in [0.25, 0.3) is 0 Å². The number of aryl methyl sites for hydroxylation is 2. The number of nitrogens with zero attached hydrogens (tertiary/aromatic N) is 6. The van der Waals surface area contributed by atoms with Gasteiger partial charge in [-0.15, -0.1) is 0 Å². The van der Waals surface area contributed by atoms with E-state index in [9.17, 15) is 0 Å². The maximum Gasteiger partial charge on any atom is 0.243 e. The zero-order valence-electron chi connectivity index (χ0n) is 15.0. The van der Waals surface area contributed by atoms with Crippen LogP contribution in [0.4, 0.5) is 0 Å². The monoisotopic (exact) mass is 346 g/mol. The molecule has 0 saturated carbocycles. The van der Waals surface area contributed by atoms with Crippen molar-refractivity contribution in [1.82, 2.24) is 19.1 Å². The van der Waals surface area contributed by atoms with E-state index in [1.54, 1.807) is 0 Å². The fourth-order valence-electron chi connectivity index (χ4n) is 2.95. The molecule has 6 nitrogen and oxygen atoms in total. The second kappa shape index (κ2) is 6.92. The van der Waals surface area contributed by atoms with Gasteiger partial charge in [0.2, 0.25) is 12.7 Å². The van der Waals surface area contributed by atoms with E-state index < -0.39 is 0 Å². The molecule has 0 fully saturated rings. The predicted octanol–water partition coefficient (Wildman–Crippen LogP) is 1.49. The van der Waals surface area contributed by atoms with Gasteiger partial charge in [-0.05, 0) is 12.1 Å². The van der Waals surface area contributed by atoms with Crippen LogP contribution in [0.2, 0.25) is 0 Å². The summed E-state index contributed by atoms with van der Waals surface area (Å²) in [6.45, 7) is 1.63. The third kappa shape index (κ3) is 3.69. The fourth-order valence-corrected chi connectivity index (χ4v) is 2.95. The predicted molar refractivity (Wildman–Crippen MR) is 96.9 cm³/mol. The highest BCUT2D eigenvalue weighted by Crippen LogP contribution is 2.15. The highest BCUT2D eigenvalue weighted by molar-refractivity contribution is 5.54. The molecule has 4 heterocycles. The first kappa shape index (κ1) is 16.2. The number of hydrogen-bond acceptors (Lipinski definition) is 2. The Bertz CT molecular complexity index is 912. The molecule has 0 aliphatic heterocycles. The van der Waals surface area contributed by atoms with Gasteiger partial charge < -0.3 is 0 Å². The van der Waals surface area contributed by atoms with Crippen LogP contribution in [0, 0.1) is 0 Å². The average molecular weight is 346 g/mol. The van der Waals surface area contributed by atoms with E-state index in [2.05, 4.69) is 56.3 Å². The van der Waals surface area contributed by atoms with Gasteiger partial charge in [0.05, 0.1) is 25.5 Å². The van der Waals surface area contributed by atoms with Crippen LogP contribution in [0.3, 0.4) is 0 Å². The number of pyridine rings is 2. The van der Waals surface area contributed by atoms with Gasteiger partial charge in [0.15, 0.2) is 0 Å². The Morgan fingerprint density at radius 3 is 1.50 bits per heavy atom. The van der Waals surface area contributed by atoms with Crippen molar-refractivity contribution in [2.24, 2.45) is 14.1 Å². The third-order valence-electron chi connectivity index (χ3n) is 4.29. The molecule has 0 atom stereocenters. The number of hydrogen-bond donors (Lipinski definition) is 0. The minimum atomic E-state index is 0.814. The van der Waals surface area contributed by atoms with Crippen molar-refractivity contribution < 1.29 is 9.13 Å². The molecule has 0 N–H and O–H groups in total. The Hall–Kier alpha value is -3.28. The summed E-state index contributed by atoms with van der Waals surface area (Å²) in [5.74, 6) is 0. The van der Waals surface area contributed by atoms with E-state index >= 15 is 0 Å². The molecule has 0 aromatic carbocycles. The summed E-state index contributed by atoms with van der Waals surface area (Å²) in [6.07, 6.45) is 16.1. The number of imidazole rings is 2. The van der Waals surface area contributed by atoms with Gasteiger partial charge in [-0.1, -0.05) is 12.1 Å². The van der Waals surface area contributed by atoms with Crippen molar-refractivity contribution in [3.8, 4) is 11.4 Å². The zero-order chi connectivity index (χ0) is 17.9. The van der Waals surface area contributed by atoms with Crippen molar-refractivity contribution in [3.05, 3.63) is 85.2 Å². The molecular weight excluding hydrogens is 324 g/mol. The van der Waals surface area contributed by atoms with E-state index in [0.29, 0.717) is 0 Å². The fraction of sp³-hybridized carbons (Fsp3) is 0.200. The quantitative estimate of drug-likeness (QED) is 0.514. The number of rotatable bonds is 5. The van der Waals surface area contributed by atoms with Crippen molar-refractivity contribution in [2.75, 3.05) is 0 Å². The lowest BCUT2D eigenvalue weighted by atomic mass is 10.2. The largest absolute Gasteiger partial charge is 0.254 e. The van der Waals surface area contributed by atoms with E-state index in [1.807, 2.05) is 60.1 Å². The van der Waals surface area contributed by atoms with E-state index in [1.165, 1.54) is 11.1 Å². The summed E-state index contributed by atoms with van der Waals surface area (Å²) in [7, 11) is 4.03. The lowest BCUT2D eigenvalue weighted by Gasteiger charge is -2.03. The van der Waals surface area contributed by atoms with Gasteiger partial charge >= 0.3 is 0 Å². The topological polar surface area (TPSA) is 43.4 Å². The first-order valence-corrected chi connectivity index (χ1v) is 8.58. The summed E-state index contributed by atoms with van der Waals surface area (Å²) in [5, 5.41) is 0. The van der Waals surface area contributed by atoms with E-state index in [-0.39, 0.29) is 0 Å². The number of aromatic nitrogens is 6. The molecule has 4 rings (SSSR count). The molecular formula is C20H22N6+2. The molecule has 6 heteroatoms. The Morgan fingerprint density at radius 1 is 0.731 bits per heavy atom. The highest BCUT2D eigenvalue weighted by atomic mass is 15.1. The van der Waals surface area contributed by atoms with Crippen LogP contribution in [-0.2, 0) is 27.2 Å². The molecule has 130 valence electrons. The normalized spacial score (nSPS) is 11.0. The second-order valence-electron chi connectivity index (χ2n) is 6.61. The average Bonchev–Trinajstić information content (AvgIpc) is 3.24. The Kier molecular flexibility index (Phi) is 4.31. The minimum Gasteiger partial charge on any atom is -0.254 e. The van der Waals surface area contributed by atoms with Crippen molar-refractivity contribution in [3.63, 3.8) is 0 Å². The molecule has 0 bridgehead atoms. The van der Waals surface area contributed by atoms with E-state index in [4.69, 9.17) is 0 Å². The first-order valence-electron chi connectivity index (χ1n) is 8.58. The summed E-state index contributed by atoms with van der Waals surface area (Å²) >= 11 is 0. The van der Waals surface area contributed by atoms with Crippen LogP contribution < -0.4 is 9.13 Å². The summed E-state index contributed by atoms with van der Waals surface area (Å²) in [4.78, 5) is 9.16. The van der Waals surface area contributed by atoms with Gasteiger partial charge in [0.1, 0.15) is 37.9 Å². The lowest BCUT2D eigenvalue weighted by molar-refractivity contribution is -0.671. The summed E-state index contributed by atoms with van der Waals surface area (Å²) < 4.78 is 8.32. The maximum atomic E-state index is 4.58. The van der Waals surface area contributed by atoms with Gasteiger partial charge in [0, 0.05) is 23.5 Å². The van der Waals surface area contributed by atoms with Crippen LogP contribution in [0.1, 0.15) is 11.1 Å². The summed E-state index contributed by atoms with van der Waals surface area (Å²) in [5.41, 5.74) is 4.13. The van der Waals surface area contributed by atoms with Crippen LogP contribution in [0.5, 0.6) is 0 Å². The molecule has 0 aliphatic rings. The second-order valence-corrected chi connectivity index (χ2v) is 6.61. The molecule has 4 aromatic heterocycles. The van der Waals surface area contributed by atoms with Crippen LogP contribution in [0.15, 0.2) is 74.1 Å². The molecule has 26 heavy (non-hydrogen) atoms. The van der Waals surface area contributed by atoms with Gasteiger partial charge in [-0.3, -0.25) is 9.97 Å². The Morgan fingerprint density at radius 2 is 1.19 bits per heavy atom. The molecule has 0 radical (unpaired) electrons. The van der Waals surface area contributed by atoms with Crippen LogP contribution in [-0.4, -0.2) is 19.1 Å². The standard InChI is InChI=1S/C20H22N6/c1-23-7-9-25(15-23)13-17-3-5-19(21-11-17)20-6-4-18(12-22-20)14-26-10-8-24(2)16-26/h3-12,15-16H,13-14H2,1-2H3/q+2. The van der Waals surface area contributed by atoms with Crippen molar-refractivity contribution in [2.45, 2.75) is 13.1 Å². The maximum absolute atomic E-state index is 4.58. The zero-order valence-corrected chi connectivity index (χ0v) is 15.0. The SMILES string of the molecule is C[n+]1ccn(Cc2ccc(-c3ccc(Cn4cc[n+](C)c4)cn3)nc2)c1. The molecule has 0 aliphatic carbocycles. The highest BCUT2D eigenvalue weighted by Gasteiger charge is 2.06.